The molecule has 0 amide bonds. The second kappa shape index (κ2) is 4.39. The van der Waals surface area contributed by atoms with Crippen molar-refractivity contribution >= 4 is 0 Å². The predicted octanol–water partition coefficient (Wildman–Crippen LogP) is 1.06. The van der Waals surface area contributed by atoms with Gasteiger partial charge in [-0.3, -0.25) is 10.5 Å². The van der Waals surface area contributed by atoms with E-state index in [2.05, 4.69) is 24.0 Å². The van der Waals surface area contributed by atoms with Gasteiger partial charge in [-0.2, -0.15) is 5.10 Å². The van der Waals surface area contributed by atoms with Gasteiger partial charge in [-0.25, -0.2) is 5.43 Å². The maximum Gasteiger partial charge on any atom is 0.0698 e. The van der Waals surface area contributed by atoms with Crippen LogP contribution in [-0.4, -0.2) is 9.78 Å². The molecule has 14 heavy (non-hydrogen) atoms. The standard InChI is InChI=1S/C10H18N4/c1-5-9-8(6-14(4)13-9)10(12-11)7(2)3/h6,10,12H,2,5,11H2,1,3-4H3. The third-order valence-electron chi connectivity index (χ3n) is 2.24. The fourth-order valence-corrected chi connectivity index (χ4v) is 1.57. The van der Waals surface area contributed by atoms with Gasteiger partial charge in [0.05, 0.1) is 11.7 Å². The van der Waals surface area contributed by atoms with Gasteiger partial charge in [0.2, 0.25) is 0 Å². The van der Waals surface area contributed by atoms with Crippen LogP contribution in [0.1, 0.15) is 31.1 Å². The number of hydrazine groups is 1. The molecule has 1 aromatic rings. The van der Waals surface area contributed by atoms with Crippen molar-refractivity contribution in [1.82, 2.24) is 15.2 Å². The molecule has 3 N–H and O–H groups in total. The van der Waals surface area contributed by atoms with Crippen LogP contribution in [0, 0.1) is 0 Å². The van der Waals surface area contributed by atoms with Crippen LogP contribution in [0.5, 0.6) is 0 Å². The molecule has 0 aromatic carbocycles. The van der Waals surface area contributed by atoms with E-state index in [1.807, 2.05) is 20.2 Å². The van der Waals surface area contributed by atoms with E-state index in [0.29, 0.717) is 0 Å². The van der Waals surface area contributed by atoms with Crippen molar-refractivity contribution in [3.63, 3.8) is 0 Å². The largest absolute Gasteiger partial charge is 0.275 e. The number of nitrogens with zero attached hydrogens (tertiary/aromatic N) is 2. The first-order valence-electron chi connectivity index (χ1n) is 4.74. The van der Waals surface area contributed by atoms with Crippen LogP contribution in [0.3, 0.4) is 0 Å². The van der Waals surface area contributed by atoms with Gasteiger partial charge >= 0.3 is 0 Å². The molecule has 0 saturated carbocycles. The van der Waals surface area contributed by atoms with Gasteiger partial charge in [0.15, 0.2) is 0 Å². The number of aromatic nitrogens is 2. The number of hydrogen-bond donors (Lipinski definition) is 2. The molecular weight excluding hydrogens is 176 g/mol. The van der Waals surface area contributed by atoms with Gasteiger partial charge < -0.3 is 0 Å². The molecule has 1 atom stereocenters. The third kappa shape index (κ3) is 2.02. The summed E-state index contributed by atoms with van der Waals surface area (Å²) in [5.41, 5.74) is 5.93. The Labute approximate surface area is 84.8 Å². The van der Waals surface area contributed by atoms with Crippen LogP contribution >= 0.6 is 0 Å². The van der Waals surface area contributed by atoms with E-state index in [4.69, 9.17) is 5.84 Å². The highest BCUT2D eigenvalue weighted by Gasteiger charge is 2.16. The molecule has 1 aromatic heterocycles. The van der Waals surface area contributed by atoms with Gasteiger partial charge in [-0.15, -0.1) is 0 Å². The predicted molar refractivity (Wildman–Crippen MR) is 57.5 cm³/mol. The van der Waals surface area contributed by atoms with Crippen molar-refractivity contribution in [3.05, 3.63) is 29.6 Å². The molecule has 1 unspecified atom stereocenters. The normalized spacial score (nSPS) is 12.9. The van der Waals surface area contributed by atoms with E-state index in [0.717, 1.165) is 23.3 Å². The van der Waals surface area contributed by atoms with Crippen LogP contribution in [0.25, 0.3) is 0 Å². The van der Waals surface area contributed by atoms with Crippen molar-refractivity contribution in [2.45, 2.75) is 26.3 Å². The zero-order valence-corrected chi connectivity index (χ0v) is 9.04. The molecule has 0 bridgehead atoms. The lowest BCUT2D eigenvalue weighted by molar-refractivity contribution is 0.621. The van der Waals surface area contributed by atoms with Crippen LogP contribution in [0.15, 0.2) is 18.3 Å². The van der Waals surface area contributed by atoms with Crippen LogP contribution in [0.2, 0.25) is 0 Å². The van der Waals surface area contributed by atoms with Crippen molar-refractivity contribution in [2.24, 2.45) is 12.9 Å². The maximum absolute atomic E-state index is 5.49. The summed E-state index contributed by atoms with van der Waals surface area (Å²) in [4.78, 5) is 0. The Morgan fingerprint density at radius 1 is 1.79 bits per heavy atom. The zero-order chi connectivity index (χ0) is 10.7. The second-order valence-corrected chi connectivity index (χ2v) is 3.50. The van der Waals surface area contributed by atoms with Gasteiger partial charge in [0.1, 0.15) is 0 Å². The molecule has 0 aliphatic rings. The van der Waals surface area contributed by atoms with Gasteiger partial charge in [-0.1, -0.05) is 19.1 Å². The van der Waals surface area contributed by atoms with E-state index in [1.54, 1.807) is 4.68 Å². The third-order valence-corrected chi connectivity index (χ3v) is 2.24. The maximum atomic E-state index is 5.49. The highest BCUT2D eigenvalue weighted by atomic mass is 15.3. The molecule has 0 fully saturated rings. The average molecular weight is 194 g/mol. The van der Waals surface area contributed by atoms with Crippen molar-refractivity contribution < 1.29 is 0 Å². The van der Waals surface area contributed by atoms with Gasteiger partial charge in [0.25, 0.3) is 0 Å². The monoisotopic (exact) mass is 194 g/mol. The van der Waals surface area contributed by atoms with E-state index in [-0.39, 0.29) is 6.04 Å². The molecule has 1 rings (SSSR count). The smallest absolute Gasteiger partial charge is 0.0698 e. The van der Waals surface area contributed by atoms with E-state index in [1.165, 1.54) is 0 Å². The summed E-state index contributed by atoms with van der Waals surface area (Å²) in [6, 6.07) is -0.00125. The summed E-state index contributed by atoms with van der Waals surface area (Å²) in [5, 5.41) is 4.36. The lowest BCUT2D eigenvalue weighted by Gasteiger charge is -2.15. The summed E-state index contributed by atoms with van der Waals surface area (Å²) >= 11 is 0. The number of aryl methyl sites for hydroxylation is 2. The molecular formula is C10H18N4. The number of hydrogen-bond acceptors (Lipinski definition) is 3. The molecule has 0 spiro atoms. The molecule has 0 aliphatic carbocycles. The SMILES string of the molecule is C=C(C)C(NN)c1cn(C)nc1CC. The fourth-order valence-electron chi connectivity index (χ4n) is 1.57. The minimum atomic E-state index is -0.00125. The lowest BCUT2D eigenvalue weighted by Crippen LogP contribution is -2.29. The molecule has 1 heterocycles. The van der Waals surface area contributed by atoms with Crippen LogP contribution in [0.4, 0.5) is 0 Å². The second-order valence-electron chi connectivity index (χ2n) is 3.50. The average Bonchev–Trinajstić information content (AvgIpc) is 2.47. The van der Waals surface area contributed by atoms with Crippen molar-refractivity contribution in [2.75, 3.05) is 0 Å². The Balaban J connectivity index is 3.08. The Morgan fingerprint density at radius 2 is 2.43 bits per heavy atom. The molecule has 78 valence electrons. The molecule has 4 heteroatoms. The summed E-state index contributed by atoms with van der Waals surface area (Å²) in [7, 11) is 1.91. The Bertz CT molecular complexity index is 327. The summed E-state index contributed by atoms with van der Waals surface area (Å²) in [6.07, 6.45) is 2.89. The Kier molecular flexibility index (Phi) is 3.43. The minimum absolute atomic E-state index is 0.00125. The first-order valence-corrected chi connectivity index (χ1v) is 4.74. The molecule has 4 nitrogen and oxygen atoms in total. The first kappa shape index (κ1) is 10.9. The molecule has 0 radical (unpaired) electrons. The highest BCUT2D eigenvalue weighted by molar-refractivity contribution is 5.28. The summed E-state index contributed by atoms with van der Waals surface area (Å²) < 4.78 is 1.81. The van der Waals surface area contributed by atoms with E-state index < -0.39 is 0 Å². The lowest BCUT2D eigenvalue weighted by atomic mass is 10.0. The number of nitrogens with two attached hydrogens (primary N) is 1. The highest BCUT2D eigenvalue weighted by Crippen LogP contribution is 2.22. The molecule has 0 saturated heterocycles. The van der Waals surface area contributed by atoms with Gasteiger partial charge in [0, 0.05) is 18.8 Å². The van der Waals surface area contributed by atoms with Crippen LogP contribution < -0.4 is 11.3 Å². The first-order chi connectivity index (χ1) is 6.60. The number of nitrogens with one attached hydrogen (secondary N) is 1. The Hall–Kier alpha value is -1.13. The quantitative estimate of drug-likeness (QED) is 0.428. The minimum Gasteiger partial charge on any atom is -0.275 e. The number of rotatable bonds is 4. The fraction of sp³-hybridized carbons (Fsp3) is 0.500. The Morgan fingerprint density at radius 3 is 2.86 bits per heavy atom. The zero-order valence-electron chi connectivity index (χ0n) is 9.04. The van der Waals surface area contributed by atoms with E-state index >= 15 is 0 Å². The van der Waals surface area contributed by atoms with E-state index in [9.17, 15) is 0 Å². The van der Waals surface area contributed by atoms with Gasteiger partial charge in [-0.05, 0) is 13.3 Å². The topological polar surface area (TPSA) is 55.9 Å². The molecule has 0 aliphatic heterocycles. The van der Waals surface area contributed by atoms with Crippen LogP contribution in [-0.2, 0) is 13.5 Å². The summed E-state index contributed by atoms with van der Waals surface area (Å²) in [6.45, 7) is 7.94. The summed E-state index contributed by atoms with van der Waals surface area (Å²) in [5.74, 6) is 5.49. The van der Waals surface area contributed by atoms with Crippen molar-refractivity contribution in [3.8, 4) is 0 Å². The van der Waals surface area contributed by atoms with Crippen molar-refractivity contribution in [1.29, 1.82) is 0 Å².